The lowest BCUT2D eigenvalue weighted by Crippen LogP contribution is -2.48. The van der Waals surface area contributed by atoms with E-state index in [0.29, 0.717) is 6.54 Å². The molecule has 1 aromatic carbocycles. The summed E-state index contributed by atoms with van der Waals surface area (Å²) in [7, 11) is 0.555. The molecule has 7 heteroatoms. The highest BCUT2D eigenvalue weighted by Crippen LogP contribution is 2.24. The quantitative estimate of drug-likeness (QED) is 0.799. The van der Waals surface area contributed by atoms with Gasteiger partial charge in [-0.2, -0.15) is 0 Å². The van der Waals surface area contributed by atoms with Crippen LogP contribution in [0.15, 0.2) is 24.3 Å². The SMILES string of the molecule is CCS(=O)(=O)NCC(c1ccc(OC)cc1)N1CCN(C)CC1. The van der Waals surface area contributed by atoms with Gasteiger partial charge < -0.3 is 9.64 Å². The van der Waals surface area contributed by atoms with Crippen molar-refractivity contribution in [2.75, 3.05) is 52.6 Å². The van der Waals surface area contributed by atoms with Crippen LogP contribution in [0, 0.1) is 0 Å². The first-order valence-electron chi connectivity index (χ1n) is 7.99. The Kier molecular flexibility index (Phi) is 6.41. The first kappa shape index (κ1) is 18.2. The zero-order valence-electron chi connectivity index (χ0n) is 14.2. The Morgan fingerprint density at radius 2 is 1.78 bits per heavy atom. The average molecular weight is 341 g/mol. The standard InChI is InChI=1S/C16H27N3O3S/c1-4-23(20,21)17-13-16(19-11-9-18(2)10-12-19)14-5-7-15(22-3)8-6-14/h5-8,16-17H,4,9-13H2,1-3H3. The maximum absolute atomic E-state index is 11.8. The Morgan fingerprint density at radius 1 is 1.17 bits per heavy atom. The molecule has 2 rings (SSSR count). The van der Waals surface area contributed by atoms with Crippen molar-refractivity contribution in [3.63, 3.8) is 0 Å². The van der Waals surface area contributed by atoms with Crippen LogP contribution in [0.1, 0.15) is 18.5 Å². The number of hydrogen-bond donors (Lipinski definition) is 1. The molecule has 130 valence electrons. The molecule has 1 N–H and O–H groups in total. The van der Waals surface area contributed by atoms with Crippen molar-refractivity contribution in [2.45, 2.75) is 13.0 Å². The third kappa shape index (κ3) is 5.17. The molecule has 0 radical (unpaired) electrons. The van der Waals surface area contributed by atoms with Gasteiger partial charge >= 0.3 is 0 Å². The zero-order valence-corrected chi connectivity index (χ0v) is 15.0. The minimum atomic E-state index is -3.20. The molecule has 0 bridgehead atoms. The highest BCUT2D eigenvalue weighted by atomic mass is 32.2. The van der Waals surface area contributed by atoms with Crippen molar-refractivity contribution in [1.29, 1.82) is 0 Å². The number of rotatable bonds is 7. The molecule has 6 nitrogen and oxygen atoms in total. The molecule has 1 aliphatic heterocycles. The molecule has 0 aliphatic carbocycles. The van der Waals surface area contributed by atoms with Crippen molar-refractivity contribution in [1.82, 2.24) is 14.5 Å². The van der Waals surface area contributed by atoms with E-state index in [4.69, 9.17) is 4.74 Å². The molecule has 0 amide bonds. The summed E-state index contributed by atoms with van der Waals surface area (Å²) in [6.07, 6.45) is 0. The van der Waals surface area contributed by atoms with Crippen LogP contribution in [-0.2, 0) is 10.0 Å². The second-order valence-corrected chi connectivity index (χ2v) is 7.98. The van der Waals surface area contributed by atoms with Gasteiger partial charge in [-0.05, 0) is 31.7 Å². The summed E-state index contributed by atoms with van der Waals surface area (Å²) < 4.78 is 31.6. The predicted octanol–water partition coefficient (Wildman–Crippen LogP) is 0.923. The number of nitrogens with one attached hydrogen (secondary N) is 1. The van der Waals surface area contributed by atoms with Gasteiger partial charge in [0.15, 0.2) is 0 Å². The Labute approximate surface area is 139 Å². The summed E-state index contributed by atoms with van der Waals surface area (Å²) in [5.41, 5.74) is 1.11. The van der Waals surface area contributed by atoms with Crippen LogP contribution < -0.4 is 9.46 Å². The molecule has 0 saturated carbocycles. The second-order valence-electron chi connectivity index (χ2n) is 5.88. The van der Waals surface area contributed by atoms with Crippen LogP contribution in [0.4, 0.5) is 0 Å². The van der Waals surface area contributed by atoms with E-state index in [9.17, 15) is 8.42 Å². The zero-order chi connectivity index (χ0) is 16.9. The van der Waals surface area contributed by atoms with Crippen LogP contribution in [0.5, 0.6) is 5.75 Å². The van der Waals surface area contributed by atoms with Crippen LogP contribution in [0.3, 0.4) is 0 Å². The molecule has 0 aromatic heterocycles. The molecule has 1 saturated heterocycles. The number of likely N-dealkylation sites (N-methyl/N-ethyl adjacent to an activating group) is 1. The number of hydrogen-bond acceptors (Lipinski definition) is 5. The van der Waals surface area contributed by atoms with Crippen LogP contribution in [0.2, 0.25) is 0 Å². The minimum Gasteiger partial charge on any atom is -0.497 e. The molecule has 0 spiro atoms. The largest absolute Gasteiger partial charge is 0.497 e. The van der Waals surface area contributed by atoms with Crippen molar-refractivity contribution >= 4 is 10.0 Å². The van der Waals surface area contributed by atoms with Crippen LogP contribution in [0.25, 0.3) is 0 Å². The summed E-state index contributed by atoms with van der Waals surface area (Å²) in [5.74, 6) is 0.908. The van der Waals surface area contributed by atoms with E-state index in [-0.39, 0.29) is 11.8 Å². The van der Waals surface area contributed by atoms with Gasteiger partial charge in [-0.3, -0.25) is 4.90 Å². The van der Waals surface area contributed by atoms with E-state index in [2.05, 4.69) is 21.6 Å². The maximum atomic E-state index is 11.8. The first-order chi connectivity index (χ1) is 10.9. The van der Waals surface area contributed by atoms with Gasteiger partial charge in [0.25, 0.3) is 0 Å². The smallest absolute Gasteiger partial charge is 0.211 e. The van der Waals surface area contributed by atoms with Gasteiger partial charge in [-0.25, -0.2) is 13.1 Å². The van der Waals surface area contributed by atoms with E-state index in [1.165, 1.54) is 0 Å². The molecular weight excluding hydrogens is 314 g/mol. The number of benzene rings is 1. The molecule has 1 heterocycles. The fraction of sp³-hybridized carbons (Fsp3) is 0.625. The lowest BCUT2D eigenvalue weighted by atomic mass is 10.0. The molecule has 1 fully saturated rings. The molecule has 1 aromatic rings. The topological polar surface area (TPSA) is 61.9 Å². The van der Waals surface area contributed by atoms with E-state index < -0.39 is 10.0 Å². The van der Waals surface area contributed by atoms with Crippen molar-refractivity contribution in [3.8, 4) is 5.75 Å². The molecule has 1 aliphatic rings. The third-order valence-corrected chi connectivity index (χ3v) is 5.72. The van der Waals surface area contributed by atoms with Gasteiger partial charge in [-0.15, -0.1) is 0 Å². The number of nitrogens with zero attached hydrogens (tertiary/aromatic N) is 2. The van der Waals surface area contributed by atoms with Gasteiger partial charge in [0, 0.05) is 38.8 Å². The summed E-state index contributed by atoms with van der Waals surface area (Å²) in [6, 6.07) is 7.92. The van der Waals surface area contributed by atoms with E-state index in [1.807, 2.05) is 24.3 Å². The van der Waals surface area contributed by atoms with Gasteiger partial charge in [0.2, 0.25) is 10.0 Å². The number of ether oxygens (including phenoxy) is 1. The van der Waals surface area contributed by atoms with Crippen molar-refractivity contribution in [3.05, 3.63) is 29.8 Å². The molecule has 1 unspecified atom stereocenters. The lowest BCUT2D eigenvalue weighted by molar-refractivity contribution is 0.113. The Hall–Kier alpha value is -1.15. The Morgan fingerprint density at radius 3 is 2.30 bits per heavy atom. The van der Waals surface area contributed by atoms with E-state index >= 15 is 0 Å². The number of piperazine rings is 1. The highest BCUT2D eigenvalue weighted by Gasteiger charge is 2.25. The second kappa shape index (κ2) is 8.10. The fourth-order valence-corrected chi connectivity index (χ4v) is 3.34. The van der Waals surface area contributed by atoms with Crippen LogP contribution in [-0.4, -0.2) is 70.9 Å². The van der Waals surface area contributed by atoms with Gasteiger partial charge in [0.1, 0.15) is 5.75 Å². The van der Waals surface area contributed by atoms with E-state index in [0.717, 1.165) is 37.5 Å². The Bertz CT molecular complexity index is 581. The number of sulfonamides is 1. The molecule has 23 heavy (non-hydrogen) atoms. The summed E-state index contributed by atoms with van der Waals surface area (Å²) in [5, 5.41) is 0. The normalized spacial score (nSPS) is 18.7. The highest BCUT2D eigenvalue weighted by molar-refractivity contribution is 7.89. The maximum Gasteiger partial charge on any atom is 0.211 e. The van der Waals surface area contributed by atoms with Gasteiger partial charge in [0.05, 0.1) is 12.9 Å². The Balaban J connectivity index is 2.15. The van der Waals surface area contributed by atoms with Crippen LogP contribution >= 0.6 is 0 Å². The average Bonchev–Trinajstić information content (AvgIpc) is 2.57. The predicted molar refractivity (Wildman–Crippen MR) is 92.3 cm³/mol. The summed E-state index contributed by atoms with van der Waals surface area (Å²) in [6.45, 7) is 5.90. The fourth-order valence-electron chi connectivity index (χ4n) is 2.73. The van der Waals surface area contributed by atoms with Gasteiger partial charge in [-0.1, -0.05) is 12.1 Å². The molecule has 1 atom stereocenters. The first-order valence-corrected chi connectivity index (χ1v) is 9.64. The van der Waals surface area contributed by atoms with E-state index in [1.54, 1.807) is 14.0 Å². The third-order valence-electron chi connectivity index (χ3n) is 4.36. The minimum absolute atomic E-state index is 0.0379. The summed E-state index contributed by atoms with van der Waals surface area (Å²) >= 11 is 0. The van der Waals surface area contributed by atoms with Crippen molar-refractivity contribution in [2.24, 2.45) is 0 Å². The monoisotopic (exact) mass is 341 g/mol. The van der Waals surface area contributed by atoms with Crippen molar-refractivity contribution < 1.29 is 13.2 Å². The lowest BCUT2D eigenvalue weighted by Gasteiger charge is -2.38. The summed E-state index contributed by atoms with van der Waals surface area (Å²) in [4.78, 5) is 4.64. The molecular formula is C16H27N3O3S. The number of methoxy groups -OCH3 is 1.